The lowest BCUT2D eigenvalue weighted by Crippen LogP contribution is -2.21. The topological polar surface area (TPSA) is 24.9 Å². The molecule has 0 aliphatic carbocycles. The minimum atomic E-state index is -0.138. The van der Waals surface area contributed by atoms with Crippen molar-refractivity contribution in [1.82, 2.24) is 10.3 Å². The highest BCUT2D eigenvalue weighted by molar-refractivity contribution is 5.32. The third-order valence-corrected chi connectivity index (χ3v) is 3.76. The molecule has 2 aromatic rings. The van der Waals surface area contributed by atoms with Crippen molar-refractivity contribution in [2.24, 2.45) is 0 Å². The van der Waals surface area contributed by atoms with Gasteiger partial charge in [0.1, 0.15) is 5.82 Å². The maximum Gasteiger partial charge on any atom is 0.126 e. The van der Waals surface area contributed by atoms with Crippen molar-refractivity contribution in [3.63, 3.8) is 0 Å². The molecule has 1 atom stereocenters. The van der Waals surface area contributed by atoms with Crippen LogP contribution >= 0.6 is 0 Å². The lowest BCUT2D eigenvalue weighted by molar-refractivity contribution is 0.586. The standard InChI is InChI=1S/C17H21FN2.C2H6/c1-12-6-5-9-20-17(12)10-14(11-19-3)15-7-4-8-16(18)13(15)2;1-2/h4-9,14,19H,10-11H2,1-3H3;1-2H3/t14-;/m0./s1. The summed E-state index contributed by atoms with van der Waals surface area (Å²) in [7, 11) is 1.92. The third-order valence-electron chi connectivity index (χ3n) is 3.76. The number of benzene rings is 1. The average molecular weight is 302 g/mol. The van der Waals surface area contributed by atoms with E-state index in [4.69, 9.17) is 0 Å². The number of rotatable bonds is 5. The van der Waals surface area contributed by atoms with Gasteiger partial charge in [0.05, 0.1) is 0 Å². The van der Waals surface area contributed by atoms with Crippen molar-refractivity contribution in [1.29, 1.82) is 0 Å². The molecule has 2 rings (SSSR count). The third kappa shape index (κ3) is 4.63. The summed E-state index contributed by atoms with van der Waals surface area (Å²) in [6.07, 6.45) is 2.63. The van der Waals surface area contributed by atoms with Crippen LogP contribution in [0.2, 0.25) is 0 Å². The number of aromatic nitrogens is 1. The summed E-state index contributed by atoms with van der Waals surface area (Å²) in [4.78, 5) is 4.46. The van der Waals surface area contributed by atoms with Gasteiger partial charge in [0.2, 0.25) is 0 Å². The molecule has 1 heterocycles. The summed E-state index contributed by atoms with van der Waals surface area (Å²) in [5, 5.41) is 3.20. The maximum atomic E-state index is 13.8. The molecule has 0 bridgehead atoms. The maximum absolute atomic E-state index is 13.8. The molecule has 120 valence electrons. The lowest BCUT2D eigenvalue weighted by Gasteiger charge is -2.20. The van der Waals surface area contributed by atoms with E-state index in [0.29, 0.717) is 0 Å². The van der Waals surface area contributed by atoms with E-state index in [1.807, 2.05) is 46.1 Å². The number of hydrogen-bond acceptors (Lipinski definition) is 2. The zero-order valence-electron chi connectivity index (χ0n) is 14.3. The molecular formula is C19H27FN2. The van der Waals surface area contributed by atoms with Crippen molar-refractivity contribution in [2.45, 2.75) is 40.0 Å². The predicted molar refractivity (Wildman–Crippen MR) is 91.8 cm³/mol. The van der Waals surface area contributed by atoms with Gasteiger partial charge in [0.15, 0.2) is 0 Å². The number of pyridine rings is 1. The molecule has 0 aliphatic rings. The van der Waals surface area contributed by atoms with Crippen LogP contribution in [-0.4, -0.2) is 18.6 Å². The molecule has 0 amide bonds. The zero-order valence-corrected chi connectivity index (χ0v) is 14.3. The number of aryl methyl sites for hydroxylation is 1. The van der Waals surface area contributed by atoms with Gasteiger partial charge in [0, 0.05) is 24.4 Å². The fourth-order valence-corrected chi connectivity index (χ4v) is 2.57. The first-order valence-corrected chi connectivity index (χ1v) is 7.93. The Labute approximate surface area is 133 Å². The monoisotopic (exact) mass is 302 g/mol. The van der Waals surface area contributed by atoms with Gasteiger partial charge < -0.3 is 5.32 Å². The van der Waals surface area contributed by atoms with Crippen LogP contribution in [0.3, 0.4) is 0 Å². The zero-order chi connectivity index (χ0) is 16.5. The van der Waals surface area contributed by atoms with Crippen LogP contribution in [0.15, 0.2) is 36.5 Å². The van der Waals surface area contributed by atoms with Gasteiger partial charge in [-0.1, -0.05) is 32.0 Å². The van der Waals surface area contributed by atoms with Crippen molar-refractivity contribution in [2.75, 3.05) is 13.6 Å². The summed E-state index contributed by atoms with van der Waals surface area (Å²) in [5.41, 5.74) is 4.06. The summed E-state index contributed by atoms with van der Waals surface area (Å²) >= 11 is 0. The van der Waals surface area contributed by atoms with Crippen LogP contribution < -0.4 is 5.32 Å². The summed E-state index contributed by atoms with van der Waals surface area (Å²) in [6.45, 7) is 8.72. The van der Waals surface area contributed by atoms with Crippen molar-refractivity contribution in [3.05, 3.63) is 64.7 Å². The first-order chi connectivity index (χ1) is 10.6. The molecule has 0 aliphatic heterocycles. The van der Waals surface area contributed by atoms with Crippen LogP contribution in [0, 0.1) is 19.7 Å². The normalized spacial score (nSPS) is 11.5. The molecule has 3 heteroatoms. The lowest BCUT2D eigenvalue weighted by atomic mass is 9.89. The number of nitrogens with zero attached hydrogens (tertiary/aromatic N) is 1. The first-order valence-electron chi connectivity index (χ1n) is 7.93. The van der Waals surface area contributed by atoms with E-state index in [1.165, 1.54) is 11.6 Å². The van der Waals surface area contributed by atoms with E-state index < -0.39 is 0 Å². The molecule has 22 heavy (non-hydrogen) atoms. The number of likely N-dealkylation sites (N-methyl/N-ethyl adjacent to an activating group) is 1. The molecule has 2 nitrogen and oxygen atoms in total. The minimum Gasteiger partial charge on any atom is -0.319 e. The average Bonchev–Trinajstić information content (AvgIpc) is 2.54. The number of nitrogens with one attached hydrogen (secondary N) is 1. The van der Waals surface area contributed by atoms with E-state index in [0.717, 1.165) is 29.8 Å². The molecule has 0 radical (unpaired) electrons. The van der Waals surface area contributed by atoms with Gasteiger partial charge in [-0.15, -0.1) is 0 Å². The van der Waals surface area contributed by atoms with Crippen molar-refractivity contribution in [3.8, 4) is 0 Å². The molecule has 0 saturated heterocycles. The van der Waals surface area contributed by atoms with Crippen LogP contribution in [0.25, 0.3) is 0 Å². The molecule has 0 fully saturated rings. The van der Waals surface area contributed by atoms with Crippen LogP contribution in [0.1, 0.15) is 42.1 Å². The smallest absolute Gasteiger partial charge is 0.126 e. The Balaban J connectivity index is 0.00000116. The first kappa shape index (κ1) is 18.3. The van der Waals surface area contributed by atoms with E-state index in [9.17, 15) is 4.39 Å². The number of hydrogen-bond donors (Lipinski definition) is 1. The van der Waals surface area contributed by atoms with E-state index in [-0.39, 0.29) is 11.7 Å². The molecule has 0 unspecified atom stereocenters. The van der Waals surface area contributed by atoms with E-state index >= 15 is 0 Å². The van der Waals surface area contributed by atoms with Crippen molar-refractivity contribution < 1.29 is 4.39 Å². The van der Waals surface area contributed by atoms with Gasteiger partial charge in [-0.25, -0.2) is 4.39 Å². The van der Waals surface area contributed by atoms with Gasteiger partial charge >= 0.3 is 0 Å². The Bertz CT molecular complexity index is 581. The molecule has 0 spiro atoms. The summed E-state index contributed by atoms with van der Waals surface area (Å²) < 4.78 is 13.8. The highest BCUT2D eigenvalue weighted by Crippen LogP contribution is 2.25. The molecule has 0 saturated carbocycles. The summed E-state index contributed by atoms with van der Waals surface area (Å²) in [5.74, 6) is 0.0886. The minimum absolute atomic E-state index is 0.138. The van der Waals surface area contributed by atoms with Crippen LogP contribution in [-0.2, 0) is 6.42 Å². The Morgan fingerprint density at radius 2 is 1.86 bits per heavy atom. The highest BCUT2D eigenvalue weighted by Gasteiger charge is 2.17. The number of halogens is 1. The van der Waals surface area contributed by atoms with Gasteiger partial charge in [-0.3, -0.25) is 4.98 Å². The Morgan fingerprint density at radius 1 is 1.14 bits per heavy atom. The molecule has 1 aromatic heterocycles. The fraction of sp³-hybridized carbons (Fsp3) is 0.421. The SMILES string of the molecule is CC.CNC[C@H](Cc1ncccc1C)c1cccc(F)c1C. The van der Waals surface area contributed by atoms with Gasteiger partial charge in [-0.05, 0) is 56.1 Å². The summed E-state index contributed by atoms with van der Waals surface area (Å²) in [6, 6.07) is 9.32. The second-order valence-electron chi connectivity index (χ2n) is 5.18. The van der Waals surface area contributed by atoms with Gasteiger partial charge in [-0.2, -0.15) is 0 Å². The molecular weight excluding hydrogens is 275 g/mol. The Kier molecular flexibility index (Phi) is 7.75. The second-order valence-corrected chi connectivity index (χ2v) is 5.18. The fourth-order valence-electron chi connectivity index (χ4n) is 2.57. The quantitative estimate of drug-likeness (QED) is 0.885. The van der Waals surface area contributed by atoms with E-state index in [1.54, 1.807) is 6.07 Å². The molecule has 1 aromatic carbocycles. The largest absolute Gasteiger partial charge is 0.319 e. The van der Waals surface area contributed by atoms with Crippen LogP contribution in [0.4, 0.5) is 4.39 Å². The Hall–Kier alpha value is -1.74. The second kappa shape index (κ2) is 9.31. The molecule has 1 N–H and O–H groups in total. The van der Waals surface area contributed by atoms with E-state index in [2.05, 4.69) is 23.3 Å². The van der Waals surface area contributed by atoms with Crippen LogP contribution in [0.5, 0.6) is 0 Å². The van der Waals surface area contributed by atoms with Gasteiger partial charge in [0.25, 0.3) is 0 Å². The van der Waals surface area contributed by atoms with Crippen molar-refractivity contribution >= 4 is 0 Å². The predicted octanol–water partition coefficient (Wildman–Crippen LogP) is 4.41. The highest BCUT2D eigenvalue weighted by atomic mass is 19.1. The Morgan fingerprint density at radius 3 is 2.50 bits per heavy atom.